The van der Waals surface area contributed by atoms with Crippen molar-refractivity contribution in [3.05, 3.63) is 46.5 Å². The molecule has 2 aromatic heterocycles. The normalized spacial score (nSPS) is 17.8. The molecule has 0 aliphatic carbocycles. The van der Waals surface area contributed by atoms with Crippen molar-refractivity contribution in [2.45, 2.75) is 18.3 Å². The smallest absolute Gasteiger partial charge is 0.287 e. The quantitative estimate of drug-likeness (QED) is 0.942. The third-order valence-electron chi connectivity index (χ3n) is 3.92. The van der Waals surface area contributed by atoms with Gasteiger partial charge in [-0.2, -0.15) is 11.3 Å². The Kier molecular flexibility index (Phi) is 3.89. The first-order valence-electron chi connectivity index (χ1n) is 6.72. The molecular formula is C15H17NO3S. The Bertz CT molecular complexity index is 542. The molecule has 3 rings (SSSR count). The zero-order chi connectivity index (χ0) is 13.8. The van der Waals surface area contributed by atoms with Crippen LogP contribution in [0.15, 0.2) is 39.6 Å². The summed E-state index contributed by atoms with van der Waals surface area (Å²) in [5.41, 5.74) is 1.28. The first-order valence-corrected chi connectivity index (χ1v) is 7.67. The Balaban J connectivity index is 1.72. The lowest BCUT2D eigenvalue weighted by molar-refractivity contribution is 0.0486. The topological polar surface area (TPSA) is 51.5 Å². The standard InChI is InChI=1S/C15H17NO3S/c17-14(13-2-1-6-19-13)16-11-15(4-7-18-8-5-15)12-3-9-20-10-12/h1-3,6,9-10H,4-5,7-8,11H2,(H,16,17). The summed E-state index contributed by atoms with van der Waals surface area (Å²) in [5, 5.41) is 7.26. The molecule has 0 radical (unpaired) electrons. The number of rotatable bonds is 4. The number of carbonyl (C=O) groups excluding carboxylic acids is 1. The van der Waals surface area contributed by atoms with Gasteiger partial charge in [-0.15, -0.1) is 0 Å². The molecule has 0 saturated carbocycles. The monoisotopic (exact) mass is 291 g/mol. The SMILES string of the molecule is O=C(NCC1(c2ccsc2)CCOCC1)c1ccco1. The molecule has 0 atom stereocenters. The average Bonchev–Trinajstić information content (AvgIpc) is 3.18. The van der Waals surface area contributed by atoms with Crippen molar-refractivity contribution in [1.82, 2.24) is 5.32 Å². The molecule has 0 aromatic carbocycles. The highest BCUT2D eigenvalue weighted by Gasteiger charge is 2.35. The number of hydrogen-bond donors (Lipinski definition) is 1. The second-order valence-electron chi connectivity index (χ2n) is 5.06. The fraction of sp³-hybridized carbons (Fsp3) is 0.400. The van der Waals surface area contributed by atoms with Crippen LogP contribution in [-0.4, -0.2) is 25.7 Å². The van der Waals surface area contributed by atoms with Gasteiger partial charge < -0.3 is 14.5 Å². The third kappa shape index (κ3) is 2.64. The molecule has 1 amide bonds. The van der Waals surface area contributed by atoms with Gasteiger partial charge in [0.2, 0.25) is 0 Å². The maximum Gasteiger partial charge on any atom is 0.287 e. The molecular weight excluding hydrogens is 274 g/mol. The van der Waals surface area contributed by atoms with E-state index in [1.165, 1.54) is 11.8 Å². The number of ether oxygens (including phenoxy) is 1. The van der Waals surface area contributed by atoms with E-state index in [0.717, 1.165) is 26.1 Å². The average molecular weight is 291 g/mol. The Morgan fingerprint density at radius 2 is 2.20 bits per heavy atom. The predicted molar refractivity (Wildman–Crippen MR) is 77.1 cm³/mol. The molecule has 3 heterocycles. The van der Waals surface area contributed by atoms with Crippen LogP contribution >= 0.6 is 11.3 Å². The molecule has 1 N–H and O–H groups in total. The van der Waals surface area contributed by atoms with Gasteiger partial charge in [0, 0.05) is 25.2 Å². The molecule has 0 unspecified atom stereocenters. The number of hydrogen-bond acceptors (Lipinski definition) is 4. The number of nitrogens with one attached hydrogen (secondary N) is 1. The molecule has 20 heavy (non-hydrogen) atoms. The molecule has 1 saturated heterocycles. The van der Waals surface area contributed by atoms with Gasteiger partial charge in [0.1, 0.15) is 0 Å². The summed E-state index contributed by atoms with van der Waals surface area (Å²) in [6, 6.07) is 5.55. The Hall–Kier alpha value is -1.59. The van der Waals surface area contributed by atoms with E-state index in [2.05, 4.69) is 22.1 Å². The Labute approximate surface area is 121 Å². The van der Waals surface area contributed by atoms with Gasteiger partial charge in [0.15, 0.2) is 5.76 Å². The van der Waals surface area contributed by atoms with E-state index in [1.54, 1.807) is 23.5 Å². The molecule has 106 valence electrons. The van der Waals surface area contributed by atoms with Crippen molar-refractivity contribution >= 4 is 17.2 Å². The predicted octanol–water partition coefficient (Wildman–Crippen LogP) is 2.82. The lowest BCUT2D eigenvalue weighted by Gasteiger charge is -2.37. The minimum atomic E-state index is -0.156. The highest BCUT2D eigenvalue weighted by molar-refractivity contribution is 7.08. The van der Waals surface area contributed by atoms with Gasteiger partial charge in [-0.3, -0.25) is 4.79 Å². The second-order valence-corrected chi connectivity index (χ2v) is 5.84. The summed E-state index contributed by atoms with van der Waals surface area (Å²) in [7, 11) is 0. The van der Waals surface area contributed by atoms with Crippen LogP contribution in [0.3, 0.4) is 0 Å². The van der Waals surface area contributed by atoms with Gasteiger partial charge in [0.25, 0.3) is 5.91 Å². The zero-order valence-corrected chi connectivity index (χ0v) is 11.9. The molecule has 0 spiro atoms. The van der Waals surface area contributed by atoms with Crippen LogP contribution in [0, 0.1) is 0 Å². The van der Waals surface area contributed by atoms with Crippen LogP contribution in [0.1, 0.15) is 29.0 Å². The van der Waals surface area contributed by atoms with Crippen LogP contribution in [0.2, 0.25) is 0 Å². The van der Waals surface area contributed by atoms with E-state index in [1.807, 2.05) is 0 Å². The van der Waals surface area contributed by atoms with Crippen molar-refractivity contribution in [3.8, 4) is 0 Å². The van der Waals surface area contributed by atoms with Crippen LogP contribution < -0.4 is 5.32 Å². The van der Waals surface area contributed by atoms with Crippen molar-refractivity contribution < 1.29 is 13.9 Å². The second kappa shape index (κ2) is 5.81. The van der Waals surface area contributed by atoms with E-state index < -0.39 is 0 Å². The first kappa shape index (κ1) is 13.4. The summed E-state index contributed by atoms with van der Waals surface area (Å²) < 4.78 is 10.6. The molecule has 2 aromatic rings. The van der Waals surface area contributed by atoms with E-state index in [4.69, 9.17) is 9.15 Å². The number of amides is 1. The zero-order valence-electron chi connectivity index (χ0n) is 11.1. The fourth-order valence-electron chi connectivity index (χ4n) is 2.64. The van der Waals surface area contributed by atoms with E-state index in [9.17, 15) is 4.79 Å². The Morgan fingerprint density at radius 1 is 1.35 bits per heavy atom. The minimum Gasteiger partial charge on any atom is -0.459 e. The third-order valence-corrected chi connectivity index (χ3v) is 4.60. The lowest BCUT2D eigenvalue weighted by Crippen LogP contribution is -2.44. The van der Waals surface area contributed by atoms with Crippen molar-refractivity contribution in [1.29, 1.82) is 0 Å². The van der Waals surface area contributed by atoms with E-state index >= 15 is 0 Å². The minimum absolute atomic E-state index is 0.0134. The van der Waals surface area contributed by atoms with Crippen LogP contribution in [0.5, 0.6) is 0 Å². The maximum atomic E-state index is 12.0. The number of carbonyl (C=O) groups is 1. The molecule has 5 heteroatoms. The van der Waals surface area contributed by atoms with Crippen LogP contribution in [-0.2, 0) is 10.2 Å². The summed E-state index contributed by atoms with van der Waals surface area (Å²) in [5.74, 6) is 0.202. The van der Waals surface area contributed by atoms with Gasteiger partial charge in [-0.25, -0.2) is 0 Å². The summed E-state index contributed by atoms with van der Waals surface area (Å²) >= 11 is 1.69. The number of thiophene rings is 1. The van der Waals surface area contributed by atoms with Gasteiger partial charge in [-0.1, -0.05) is 0 Å². The van der Waals surface area contributed by atoms with Crippen molar-refractivity contribution in [2.24, 2.45) is 0 Å². The van der Waals surface area contributed by atoms with Gasteiger partial charge in [0.05, 0.1) is 6.26 Å². The first-order chi connectivity index (χ1) is 9.80. The van der Waals surface area contributed by atoms with Crippen LogP contribution in [0.25, 0.3) is 0 Å². The van der Waals surface area contributed by atoms with Crippen molar-refractivity contribution in [2.75, 3.05) is 19.8 Å². The lowest BCUT2D eigenvalue weighted by atomic mass is 9.75. The van der Waals surface area contributed by atoms with E-state index in [-0.39, 0.29) is 11.3 Å². The highest BCUT2D eigenvalue weighted by atomic mass is 32.1. The molecule has 1 aliphatic rings. The molecule has 1 aliphatic heterocycles. The summed E-state index contributed by atoms with van der Waals surface area (Å²) in [6.45, 7) is 2.10. The van der Waals surface area contributed by atoms with Crippen molar-refractivity contribution in [3.63, 3.8) is 0 Å². The largest absolute Gasteiger partial charge is 0.459 e. The maximum absolute atomic E-state index is 12.0. The summed E-state index contributed by atoms with van der Waals surface area (Å²) in [6.07, 6.45) is 3.38. The van der Waals surface area contributed by atoms with Crippen LogP contribution in [0.4, 0.5) is 0 Å². The van der Waals surface area contributed by atoms with Gasteiger partial charge >= 0.3 is 0 Å². The Morgan fingerprint density at radius 3 is 2.85 bits per heavy atom. The van der Waals surface area contributed by atoms with Gasteiger partial charge in [-0.05, 0) is 47.4 Å². The highest BCUT2D eigenvalue weighted by Crippen LogP contribution is 2.35. The number of furan rings is 1. The fourth-order valence-corrected chi connectivity index (χ4v) is 3.42. The summed E-state index contributed by atoms with van der Waals surface area (Å²) in [4.78, 5) is 12.0. The molecule has 4 nitrogen and oxygen atoms in total. The molecule has 0 bridgehead atoms. The van der Waals surface area contributed by atoms with E-state index in [0.29, 0.717) is 12.3 Å². The molecule has 1 fully saturated rings.